The summed E-state index contributed by atoms with van der Waals surface area (Å²) in [5.74, 6) is 0.200. The fourth-order valence-corrected chi connectivity index (χ4v) is 3.16. The van der Waals surface area contributed by atoms with Crippen molar-refractivity contribution in [1.29, 1.82) is 0 Å². The van der Waals surface area contributed by atoms with Crippen LogP contribution in [-0.4, -0.2) is 43.4 Å². The molecule has 3 unspecified atom stereocenters. The molecule has 2 aliphatic rings. The maximum atomic E-state index is 13.1. The van der Waals surface area contributed by atoms with Crippen molar-refractivity contribution in [2.45, 2.75) is 58.7 Å². The summed E-state index contributed by atoms with van der Waals surface area (Å²) in [6.07, 6.45) is 3.92. The lowest BCUT2D eigenvalue weighted by atomic mass is 9.72. The zero-order chi connectivity index (χ0) is 13.2. The van der Waals surface area contributed by atoms with Gasteiger partial charge in [0.2, 0.25) is 0 Å². The highest BCUT2D eigenvalue weighted by Crippen LogP contribution is 2.41. The molecule has 1 spiro atoms. The molecule has 0 aliphatic carbocycles. The minimum Gasteiger partial charge on any atom is -0.381 e. The number of likely N-dealkylation sites (tertiary alicyclic amines) is 1. The first-order valence-electron chi connectivity index (χ1n) is 7.48. The average Bonchev–Trinajstić information content (AvgIpc) is 2.33. The Morgan fingerprint density at radius 1 is 1.11 bits per heavy atom. The Kier molecular flexibility index (Phi) is 4.65. The Labute approximate surface area is 111 Å². The highest BCUT2D eigenvalue weighted by atomic mass is 19.1. The van der Waals surface area contributed by atoms with E-state index in [0.29, 0.717) is 11.5 Å². The Hall–Kier alpha value is -0.150. The van der Waals surface area contributed by atoms with E-state index in [-0.39, 0.29) is 5.92 Å². The molecule has 2 rings (SSSR count). The van der Waals surface area contributed by atoms with Crippen molar-refractivity contribution in [1.82, 2.24) is 4.90 Å². The van der Waals surface area contributed by atoms with Crippen LogP contribution in [0, 0.1) is 11.3 Å². The van der Waals surface area contributed by atoms with E-state index >= 15 is 0 Å². The van der Waals surface area contributed by atoms with E-state index in [4.69, 9.17) is 4.74 Å². The van der Waals surface area contributed by atoms with Crippen LogP contribution in [0.5, 0.6) is 0 Å². The lowest BCUT2D eigenvalue weighted by molar-refractivity contribution is -0.0961. The van der Waals surface area contributed by atoms with E-state index in [1.807, 2.05) is 6.92 Å². The molecule has 2 aliphatic heterocycles. The van der Waals surface area contributed by atoms with Gasteiger partial charge < -0.3 is 4.74 Å². The SMILES string of the molecule is CC(F)C(C)CCC(C)N1CC2(CCOCC2)C1. The Bertz CT molecular complexity index is 255. The van der Waals surface area contributed by atoms with Gasteiger partial charge in [-0.05, 0) is 45.4 Å². The molecule has 2 nitrogen and oxygen atoms in total. The summed E-state index contributed by atoms with van der Waals surface area (Å²) in [4.78, 5) is 2.57. The fourth-order valence-electron chi connectivity index (χ4n) is 3.16. The molecule has 0 saturated carbocycles. The van der Waals surface area contributed by atoms with E-state index in [1.165, 1.54) is 25.9 Å². The highest BCUT2D eigenvalue weighted by Gasteiger charge is 2.44. The van der Waals surface area contributed by atoms with Crippen LogP contribution >= 0.6 is 0 Å². The molecule has 0 aromatic rings. The van der Waals surface area contributed by atoms with E-state index < -0.39 is 6.17 Å². The van der Waals surface area contributed by atoms with E-state index in [1.54, 1.807) is 6.92 Å². The molecule has 0 bridgehead atoms. The summed E-state index contributed by atoms with van der Waals surface area (Å²) < 4.78 is 18.5. The van der Waals surface area contributed by atoms with Gasteiger partial charge in [0, 0.05) is 37.8 Å². The first kappa shape index (κ1) is 14.3. The smallest absolute Gasteiger partial charge is 0.0998 e. The minimum absolute atomic E-state index is 0.200. The van der Waals surface area contributed by atoms with Crippen molar-refractivity contribution in [3.05, 3.63) is 0 Å². The minimum atomic E-state index is -0.671. The van der Waals surface area contributed by atoms with Gasteiger partial charge >= 0.3 is 0 Å². The summed E-state index contributed by atoms with van der Waals surface area (Å²) in [6.45, 7) is 10.3. The lowest BCUT2D eigenvalue weighted by Gasteiger charge is -2.54. The zero-order valence-electron chi connectivity index (χ0n) is 12.1. The highest BCUT2D eigenvalue weighted by molar-refractivity contribution is 4.97. The van der Waals surface area contributed by atoms with E-state index in [9.17, 15) is 4.39 Å². The normalized spacial score (nSPS) is 28.7. The molecule has 0 aromatic carbocycles. The Morgan fingerprint density at radius 2 is 1.72 bits per heavy atom. The predicted octanol–water partition coefficient (Wildman–Crippen LogP) is 3.26. The molecule has 0 N–H and O–H groups in total. The van der Waals surface area contributed by atoms with Crippen molar-refractivity contribution < 1.29 is 9.13 Å². The van der Waals surface area contributed by atoms with E-state index in [2.05, 4.69) is 11.8 Å². The van der Waals surface area contributed by atoms with Crippen molar-refractivity contribution in [2.24, 2.45) is 11.3 Å². The second-order valence-corrected chi connectivity index (χ2v) is 6.60. The first-order valence-corrected chi connectivity index (χ1v) is 7.48. The second-order valence-electron chi connectivity index (χ2n) is 6.60. The number of alkyl halides is 1. The summed E-state index contributed by atoms with van der Waals surface area (Å²) in [6, 6.07) is 0.611. The maximum absolute atomic E-state index is 13.1. The van der Waals surface area contributed by atoms with E-state index in [0.717, 1.165) is 26.1 Å². The monoisotopic (exact) mass is 257 g/mol. The summed E-state index contributed by atoms with van der Waals surface area (Å²) in [5, 5.41) is 0. The number of nitrogens with zero attached hydrogens (tertiary/aromatic N) is 1. The number of halogens is 1. The van der Waals surface area contributed by atoms with Crippen LogP contribution < -0.4 is 0 Å². The molecular formula is C15H28FNO. The van der Waals surface area contributed by atoms with Crippen LogP contribution in [0.3, 0.4) is 0 Å². The van der Waals surface area contributed by atoms with Crippen LogP contribution in [-0.2, 0) is 4.74 Å². The van der Waals surface area contributed by atoms with Gasteiger partial charge in [-0.1, -0.05) is 6.92 Å². The van der Waals surface area contributed by atoms with Crippen molar-refractivity contribution in [3.63, 3.8) is 0 Å². The van der Waals surface area contributed by atoms with Gasteiger partial charge in [-0.25, -0.2) is 4.39 Å². The molecule has 3 heteroatoms. The molecule has 2 saturated heterocycles. The van der Waals surface area contributed by atoms with Gasteiger partial charge in [-0.15, -0.1) is 0 Å². The second kappa shape index (κ2) is 5.87. The Balaban J connectivity index is 1.68. The average molecular weight is 257 g/mol. The molecule has 106 valence electrons. The molecule has 0 radical (unpaired) electrons. The standard InChI is InChI=1S/C15H28FNO/c1-12(14(3)16)4-5-13(2)17-10-15(11-17)6-8-18-9-7-15/h12-14H,4-11H2,1-3H3. The Morgan fingerprint density at radius 3 is 2.28 bits per heavy atom. The maximum Gasteiger partial charge on any atom is 0.0998 e. The number of hydrogen-bond acceptors (Lipinski definition) is 2. The third-order valence-corrected chi connectivity index (χ3v) is 5.08. The number of hydrogen-bond donors (Lipinski definition) is 0. The third kappa shape index (κ3) is 3.24. The topological polar surface area (TPSA) is 12.5 Å². The molecule has 0 aromatic heterocycles. The molecule has 2 fully saturated rings. The fraction of sp³-hybridized carbons (Fsp3) is 1.00. The molecule has 0 amide bonds. The van der Waals surface area contributed by atoms with Crippen LogP contribution in [0.2, 0.25) is 0 Å². The molecule has 2 heterocycles. The van der Waals surface area contributed by atoms with Gasteiger partial charge in [0.05, 0.1) is 6.17 Å². The first-order chi connectivity index (χ1) is 8.52. The van der Waals surface area contributed by atoms with Crippen LogP contribution in [0.25, 0.3) is 0 Å². The van der Waals surface area contributed by atoms with Gasteiger partial charge in [0.25, 0.3) is 0 Å². The van der Waals surface area contributed by atoms with Gasteiger partial charge in [-0.2, -0.15) is 0 Å². The van der Waals surface area contributed by atoms with Crippen LogP contribution in [0.4, 0.5) is 4.39 Å². The summed E-state index contributed by atoms with van der Waals surface area (Å²) in [5.41, 5.74) is 0.561. The van der Waals surface area contributed by atoms with Crippen LogP contribution in [0.1, 0.15) is 46.5 Å². The molecule has 18 heavy (non-hydrogen) atoms. The van der Waals surface area contributed by atoms with Crippen LogP contribution in [0.15, 0.2) is 0 Å². The summed E-state index contributed by atoms with van der Waals surface area (Å²) >= 11 is 0. The van der Waals surface area contributed by atoms with Crippen molar-refractivity contribution in [2.75, 3.05) is 26.3 Å². The summed E-state index contributed by atoms with van der Waals surface area (Å²) in [7, 11) is 0. The largest absolute Gasteiger partial charge is 0.381 e. The van der Waals surface area contributed by atoms with Crippen molar-refractivity contribution >= 4 is 0 Å². The van der Waals surface area contributed by atoms with Gasteiger partial charge in [0.15, 0.2) is 0 Å². The quantitative estimate of drug-likeness (QED) is 0.749. The third-order valence-electron chi connectivity index (χ3n) is 5.08. The van der Waals surface area contributed by atoms with Gasteiger partial charge in [-0.3, -0.25) is 4.90 Å². The predicted molar refractivity (Wildman–Crippen MR) is 72.5 cm³/mol. The molecular weight excluding hydrogens is 229 g/mol. The molecule has 3 atom stereocenters. The van der Waals surface area contributed by atoms with Crippen molar-refractivity contribution in [3.8, 4) is 0 Å². The van der Waals surface area contributed by atoms with Gasteiger partial charge in [0.1, 0.15) is 0 Å². The lowest BCUT2D eigenvalue weighted by Crippen LogP contribution is -2.60. The number of ether oxygens (including phenoxy) is 1. The zero-order valence-corrected chi connectivity index (χ0v) is 12.1. The number of rotatable bonds is 5.